The quantitative estimate of drug-likeness (QED) is 0.848. The first-order valence-electron chi connectivity index (χ1n) is 7.38. The summed E-state index contributed by atoms with van der Waals surface area (Å²) in [6.07, 6.45) is 4.41. The van der Waals surface area contributed by atoms with Gasteiger partial charge in [0.25, 0.3) is 0 Å². The van der Waals surface area contributed by atoms with Gasteiger partial charge in [0, 0.05) is 6.04 Å². The lowest BCUT2D eigenvalue weighted by atomic mass is 9.91. The summed E-state index contributed by atoms with van der Waals surface area (Å²) in [6.45, 7) is 6.72. The van der Waals surface area contributed by atoms with Crippen molar-refractivity contribution < 1.29 is 0 Å². The minimum atomic E-state index is 0.583. The van der Waals surface area contributed by atoms with Gasteiger partial charge < -0.3 is 5.32 Å². The van der Waals surface area contributed by atoms with Crippen LogP contribution in [0, 0.1) is 38.5 Å². The minimum Gasteiger partial charge on any atom is -0.313 e. The highest BCUT2D eigenvalue weighted by molar-refractivity contribution is 5.39. The number of benzene rings is 1. The number of aryl methyl sites for hydroxylation is 3. The van der Waals surface area contributed by atoms with Crippen LogP contribution in [0.1, 0.15) is 47.6 Å². The molecule has 1 heteroatoms. The Morgan fingerprint density at radius 3 is 2.22 bits per heavy atom. The van der Waals surface area contributed by atoms with Gasteiger partial charge in [-0.15, -0.1) is 0 Å². The second-order valence-corrected chi connectivity index (χ2v) is 6.40. The van der Waals surface area contributed by atoms with Crippen LogP contribution in [0.25, 0.3) is 0 Å². The van der Waals surface area contributed by atoms with E-state index in [4.69, 9.17) is 0 Å². The molecule has 0 heterocycles. The lowest BCUT2D eigenvalue weighted by molar-refractivity contribution is 0.443. The molecule has 18 heavy (non-hydrogen) atoms. The smallest absolute Gasteiger partial charge is 0.0354 e. The van der Waals surface area contributed by atoms with Crippen molar-refractivity contribution in [2.75, 3.05) is 7.05 Å². The SMILES string of the molecule is CNC(c1cc(C)c(C)cc1C)C1C2CCCC21. The molecular formula is C17H25N. The molecule has 0 spiro atoms. The van der Waals surface area contributed by atoms with Gasteiger partial charge in [-0.25, -0.2) is 0 Å². The molecule has 2 aliphatic carbocycles. The van der Waals surface area contributed by atoms with E-state index in [-0.39, 0.29) is 0 Å². The third-order valence-corrected chi connectivity index (χ3v) is 5.39. The fourth-order valence-corrected chi connectivity index (χ4v) is 4.24. The topological polar surface area (TPSA) is 12.0 Å². The van der Waals surface area contributed by atoms with Crippen LogP contribution in [0.2, 0.25) is 0 Å². The molecular weight excluding hydrogens is 218 g/mol. The average Bonchev–Trinajstić information content (AvgIpc) is 2.81. The Kier molecular flexibility index (Phi) is 2.97. The molecule has 2 fully saturated rings. The average molecular weight is 243 g/mol. The molecule has 0 bridgehead atoms. The Morgan fingerprint density at radius 1 is 1.00 bits per heavy atom. The van der Waals surface area contributed by atoms with Crippen LogP contribution < -0.4 is 5.32 Å². The van der Waals surface area contributed by atoms with Gasteiger partial charge in [0.05, 0.1) is 0 Å². The fraction of sp³-hybridized carbons (Fsp3) is 0.647. The molecule has 2 aliphatic rings. The van der Waals surface area contributed by atoms with Gasteiger partial charge in [-0.2, -0.15) is 0 Å². The molecule has 3 unspecified atom stereocenters. The molecule has 2 saturated carbocycles. The number of hydrogen-bond donors (Lipinski definition) is 1. The summed E-state index contributed by atoms with van der Waals surface area (Å²) in [5.41, 5.74) is 5.85. The highest BCUT2D eigenvalue weighted by Gasteiger charge is 2.55. The van der Waals surface area contributed by atoms with Crippen LogP contribution >= 0.6 is 0 Å². The molecule has 1 aromatic carbocycles. The molecule has 3 rings (SSSR count). The van der Waals surface area contributed by atoms with Crippen molar-refractivity contribution in [3.63, 3.8) is 0 Å². The number of rotatable bonds is 3. The van der Waals surface area contributed by atoms with Crippen LogP contribution in [0.3, 0.4) is 0 Å². The van der Waals surface area contributed by atoms with Gasteiger partial charge in [-0.3, -0.25) is 0 Å². The van der Waals surface area contributed by atoms with E-state index >= 15 is 0 Å². The normalized spacial score (nSPS) is 31.2. The molecule has 0 saturated heterocycles. The van der Waals surface area contributed by atoms with E-state index in [2.05, 4.69) is 45.3 Å². The van der Waals surface area contributed by atoms with E-state index < -0.39 is 0 Å². The predicted molar refractivity (Wildman–Crippen MR) is 76.8 cm³/mol. The van der Waals surface area contributed by atoms with E-state index in [9.17, 15) is 0 Å². The summed E-state index contributed by atoms with van der Waals surface area (Å²) in [6, 6.07) is 5.35. The summed E-state index contributed by atoms with van der Waals surface area (Å²) >= 11 is 0. The molecule has 1 nitrogen and oxygen atoms in total. The van der Waals surface area contributed by atoms with E-state index in [1.807, 2.05) is 0 Å². The Hall–Kier alpha value is -0.820. The largest absolute Gasteiger partial charge is 0.313 e. The first kappa shape index (κ1) is 12.2. The summed E-state index contributed by atoms with van der Waals surface area (Å²) in [5, 5.41) is 3.60. The van der Waals surface area contributed by atoms with E-state index in [0.29, 0.717) is 6.04 Å². The third kappa shape index (κ3) is 1.80. The van der Waals surface area contributed by atoms with Crippen LogP contribution in [0.5, 0.6) is 0 Å². The van der Waals surface area contributed by atoms with Crippen LogP contribution in [-0.4, -0.2) is 7.05 Å². The molecule has 0 radical (unpaired) electrons. The van der Waals surface area contributed by atoms with Crippen molar-refractivity contribution in [1.29, 1.82) is 0 Å². The van der Waals surface area contributed by atoms with Gasteiger partial charge in [0.2, 0.25) is 0 Å². The first-order chi connectivity index (χ1) is 8.63. The summed E-state index contributed by atoms with van der Waals surface area (Å²) in [7, 11) is 2.13. The van der Waals surface area contributed by atoms with Crippen molar-refractivity contribution >= 4 is 0 Å². The number of fused-ring (bicyclic) bond motifs is 1. The Labute approximate surface area is 111 Å². The monoisotopic (exact) mass is 243 g/mol. The standard InChI is InChI=1S/C17H25N/c1-10-8-12(3)15(9-11(10)2)17(18-4)16-13-6-5-7-14(13)16/h8-9,13-14,16-18H,5-7H2,1-4H3. The third-order valence-electron chi connectivity index (χ3n) is 5.39. The maximum absolute atomic E-state index is 3.60. The van der Waals surface area contributed by atoms with Crippen molar-refractivity contribution in [1.82, 2.24) is 5.32 Å². The second-order valence-electron chi connectivity index (χ2n) is 6.40. The van der Waals surface area contributed by atoms with Crippen molar-refractivity contribution in [2.24, 2.45) is 17.8 Å². The lowest BCUT2D eigenvalue weighted by Crippen LogP contribution is -2.21. The van der Waals surface area contributed by atoms with Gasteiger partial charge in [0.15, 0.2) is 0 Å². The predicted octanol–water partition coefficient (Wildman–Crippen LogP) is 3.92. The minimum absolute atomic E-state index is 0.583. The van der Waals surface area contributed by atoms with Gasteiger partial charge >= 0.3 is 0 Å². The molecule has 1 aromatic rings. The first-order valence-corrected chi connectivity index (χ1v) is 7.38. The zero-order valence-electron chi connectivity index (χ0n) is 12.1. The molecule has 3 atom stereocenters. The van der Waals surface area contributed by atoms with Crippen molar-refractivity contribution in [3.05, 3.63) is 34.4 Å². The lowest BCUT2D eigenvalue weighted by Gasteiger charge is -2.22. The maximum Gasteiger partial charge on any atom is 0.0354 e. The number of hydrogen-bond acceptors (Lipinski definition) is 1. The highest BCUT2D eigenvalue weighted by Crippen LogP contribution is 2.62. The van der Waals surface area contributed by atoms with Crippen LogP contribution in [0.4, 0.5) is 0 Å². The van der Waals surface area contributed by atoms with Crippen LogP contribution in [-0.2, 0) is 0 Å². The number of nitrogens with one attached hydrogen (secondary N) is 1. The molecule has 0 amide bonds. The van der Waals surface area contributed by atoms with Crippen molar-refractivity contribution in [3.8, 4) is 0 Å². The van der Waals surface area contributed by atoms with Crippen molar-refractivity contribution in [2.45, 2.75) is 46.1 Å². The molecule has 98 valence electrons. The highest BCUT2D eigenvalue weighted by atomic mass is 14.9. The summed E-state index contributed by atoms with van der Waals surface area (Å²) in [4.78, 5) is 0. The zero-order chi connectivity index (χ0) is 12.9. The second kappa shape index (κ2) is 4.38. The van der Waals surface area contributed by atoms with Gasteiger partial charge in [0.1, 0.15) is 0 Å². The molecule has 1 N–H and O–H groups in total. The fourth-order valence-electron chi connectivity index (χ4n) is 4.24. The summed E-state index contributed by atoms with van der Waals surface area (Å²) in [5.74, 6) is 2.94. The van der Waals surface area contributed by atoms with Gasteiger partial charge in [-0.05, 0) is 80.7 Å². The van der Waals surface area contributed by atoms with Gasteiger partial charge in [-0.1, -0.05) is 18.6 Å². The Balaban J connectivity index is 1.90. The van der Waals surface area contributed by atoms with E-state index in [0.717, 1.165) is 17.8 Å². The van der Waals surface area contributed by atoms with E-state index in [1.165, 1.54) is 36.0 Å². The van der Waals surface area contributed by atoms with Crippen LogP contribution in [0.15, 0.2) is 12.1 Å². The molecule has 0 aliphatic heterocycles. The Morgan fingerprint density at radius 2 is 1.61 bits per heavy atom. The van der Waals surface area contributed by atoms with E-state index in [1.54, 1.807) is 5.56 Å². The molecule has 0 aromatic heterocycles. The summed E-state index contributed by atoms with van der Waals surface area (Å²) < 4.78 is 0. The zero-order valence-corrected chi connectivity index (χ0v) is 12.1. The Bertz CT molecular complexity index is 453. The maximum atomic E-state index is 3.60.